The van der Waals surface area contributed by atoms with Crippen LogP contribution in [0, 0.1) is 0 Å². The molecule has 1 atom stereocenters. The maximum Gasteiger partial charge on any atom is 0.262 e. The van der Waals surface area contributed by atoms with Crippen LogP contribution in [-0.2, 0) is 0 Å². The molecular weight excluding hydrogens is 240 g/mol. The molecule has 0 bridgehead atoms. The van der Waals surface area contributed by atoms with Gasteiger partial charge in [0.25, 0.3) is 5.91 Å². The van der Waals surface area contributed by atoms with Crippen LogP contribution < -0.4 is 11.1 Å². The molecular formula is C9H12N6OS. The molecule has 7 nitrogen and oxygen atoms in total. The second kappa shape index (κ2) is 4.60. The highest BCUT2D eigenvalue weighted by molar-refractivity contribution is 7.16. The third-order valence-corrected chi connectivity index (χ3v) is 3.08. The summed E-state index contributed by atoms with van der Waals surface area (Å²) in [6.45, 7) is 1.81. The van der Waals surface area contributed by atoms with E-state index in [0.29, 0.717) is 15.8 Å². The maximum absolute atomic E-state index is 11.4. The van der Waals surface area contributed by atoms with Gasteiger partial charge in [-0.3, -0.25) is 4.79 Å². The third-order valence-electron chi connectivity index (χ3n) is 2.11. The van der Waals surface area contributed by atoms with E-state index in [1.807, 2.05) is 6.92 Å². The van der Waals surface area contributed by atoms with Gasteiger partial charge in [-0.25, -0.2) is 9.97 Å². The van der Waals surface area contributed by atoms with Crippen LogP contribution in [0.1, 0.15) is 28.5 Å². The summed E-state index contributed by atoms with van der Waals surface area (Å²) in [5.74, 6) is 0.444. The number of nitrogens with one attached hydrogen (secondary N) is 1. The number of hydrogen-bond acceptors (Lipinski definition) is 6. The smallest absolute Gasteiger partial charge is 0.262 e. The summed E-state index contributed by atoms with van der Waals surface area (Å²) < 4.78 is 1.54. The van der Waals surface area contributed by atoms with Gasteiger partial charge in [-0.1, -0.05) is 11.3 Å². The Hall–Kier alpha value is -1.80. The minimum atomic E-state index is -0.246. The number of amides is 1. The zero-order chi connectivity index (χ0) is 12.4. The number of thiazole rings is 1. The van der Waals surface area contributed by atoms with E-state index in [2.05, 4.69) is 20.4 Å². The number of hydrogen-bond donors (Lipinski definition) is 2. The van der Waals surface area contributed by atoms with Gasteiger partial charge < -0.3 is 11.1 Å². The third kappa shape index (κ3) is 2.17. The van der Waals surface area contributed by atoms with Crippen LogP contribution >= 0.6 is 11.3 Å². The molecule has 0 spiro atoms. The van der Waals surface area contributed by atoms with Crippen molar-refractivity contribution in [3.8, 4) is 5.13 Å². The predicted octanol–water partition coefficient (Wildman–Crippen LogP) is 0.103. The lowest BCUT2D eigenvalue weighted by Gasteiger charge is -2.04. The van der Waals surface area contributed by atoms with Crippen LogP contribution in [-0.4, -0.2) is 32.7 Å². The van der Waals surface area contributed by atoms with Gasteiger partial charge in [0.05, 0.1) is 12.2 Å². The minimum Gasteiger partial charge on any atom is -0.354 e. The van der Waals surface area contributed by atoms with E-state index < -0.39 is 0 Å². The fourth-order valence-corrected chi connectivity index (χ4v) is 2.13. The van der Waals surface area contributed by atoms with Crippen molar-refractivity contribution in [2.24, 2.45) is 5.73 Å². The SMILES string of the molecule is CNC(=O)c1cnc(-n2ncnc2[C@H](C)N)s1. The van der Waals surface area contributed by atoms with Crippen molar-refractivity contribution in [3.63, 3.8) is 0 Å². The number of carbonyl (C=O) groups is 1. The fraction of sp³-hybridized carbons (Fsp3) is 0.333. The van der Waals surface area contributed by atoms with Gasteiger partial charge in [-0.2, -0.15) is 9.78 Å². The van der Waals surface area contributed by atoms with E-state index in [4.69, 9.17) is 5.73 Å². The first-order valence-corrected chi connectivity index (χ1v) is 5.79. The molecule has 0 radical (unpaired) electrons. The molecule has 0 saturated heterocycles. The summed E-state index contributed by atoms with van der Waals surface area (Å²) in [4.78, 5) is 20.1. The Morgan fingerprint density at radius 1 is 1.59 bits per heavy atom. The summed E-state index contributed by atoms with van der Waals surface area (Å²) in [5.41, 5.74) is 5.76. The van der Waals surface area contributed by atoms with Gasteiger partial charge >= 0.3 is 0 Å². The van der Waals surface area contributed by atoms with Gasteiger partial charge in [0.2, 0.25) is 5.13 Å². The molecule has 17 heavy (non-hydrogen) atoms. The first-order valence-electron chi connectivity index (χ1n) is 4.97. The molecule has 90 valence electrons. The molecule has 3 N–H and O–H groups in total. The number of carbonyl (C=O) groups excluding carboxylic acids is 1. The molecule has 8 heteroatoms. The molecule has 0 aliphatic rings. The Balaban J connectivity index is 2.37. The number of rotatable bonds is 3. The summed E-state index contributed by atoms with van der Waals surface area (Å²) in [5, 5.41) is 7.16. The van der Waals surface area contributed by atoms with Gasteiger partial charge in [0.1, 0.15) is 11.2 Å². The highest BCUT2D eigenvalue weighted by atomic mass is 32.1. The van der Waals surface area contributed by atoms with Crippen LogP contribution in [0.25, 0.3) is 5.13 Å². The van der Waals surface area contributed by atoms with E-state index in [9.17, 15) is 4.79 Å². The summed E-state index contributed by atoms with van der Waals surface area (Å²) in [6, 6.07) is -0.246. The first kappa shape index (κ1) is 11.7. The van der Waals surface area contributed by atoms with Crippen LogP contribution in [0.5, 0.6) is 0 Å². The van der Waals surface area contributed by atoms with E-state index in [1.54, 1.807) is 11.7 Å². The van der Waals surface area contributed by atoms with Crippen LogP contribution in [0.2, 0.25) is 0 Å². The Morgan fingerprint density at radius 2 is 2.35 bits per heavy atom. The molecule has 0 unspecified atom stereocenters. The van der Waals surface area contributed by atoms with Crippen LogP contribution in [0.4, 0.5) is 0 Å². The average molecular weight is 252 g/mol. The maximum atomic E-state index is 11.4. The highest BCUT2D eigenvalue weighted by Crippen LogP contribution is 2.19. The van der Waals surface area contributed by atoms with Crippen molar-refractivity contribution in [2.75, 3.05) is 7.05 Å². The van der Waals surface area contributed by atoms with E-state index in [1.165, 1.54) is 23.9 Å². The van der Waals surface area contributed by atoms with Crippen molar-refractivity contribution in [2.45, 2.75) is 13.0 Å². The van der Waals surface area contributed by atoms with Gasteiger partial charge in [0, 0.05) is 7.05 Å². The first-order chi connectivity index (χ1) is 8.13. The van der Waals surface area contributed by atoms with Crippen molar-refractivity contribution in [1.82, 2.24) is 25.1 Å². The van der Waals surface area contributed by atoms with Gasteiger partial charge in [0.15, 0.2) is 5.82 Å². The monoisotopic (exact) mass is 252 g/mol. The van der Waals surface area contributed by atoms with E-state index >= 15 is 0 Å². The lowest BCUT2D eigenvalue weighted by Crippen LogP contribution is -2.16. The molecule has 2 aromatic heterocycles. The topological polar surface area (TPSA) is 98.7 Å². The minimum absolute atomic E-state index is 0.170. The summed E-state index contributed by atoms with van der Waals surface area (Å²) >= 11 is 1.24. The summed E-state index contributed by atoms with van der Waals surface area (Å²) in [7, 11) is 1.57. The normalized spacial score (nSPS) is 12.4. The highest BCUT2D eigenvalue weighted by Gasteiger charge is 2.15. The second-order valence-corrected chi connectivity index (χ2v) is 4.41. The summed E-state index contributed by atoms with van der Waals surface area (Å²) in [6.07, 6.45) is 2.92. The molecule has 0 aromatic carbocycles. The van der Waals surface area contributed by atoms with Crippen LogP contribution in [0.3, 0.4) is 0 Å². The molecule has 0 saturated carbocycles. The Bertz CT molecular complexity index is 531. The standard InChI is InChI=1S/C9H12N6OS/c1-5(10)7-13-4-14-15(7)9-12-3-6(17-9)8(16)11-2/h3-5H,10H2,1-2H3,(H,11,16)/t5-/m0/s1. The molecule has 0 aliphatic carbocycles. The van der Waals surface area contributed by atoms with E-state index in [-0.39, 0.29) is 11.9 Å². The van der Waals surface area contributed by atoms with Crippen LogP contribution in [0.15, 0.2) is 12.5 Å². The predicted molar refractivity (Wildman–Crippen MR) is 63.0 cm³/mol. The Labute approximate surface area is 102 Å². The van der Waals surface area contributed by atoms with Crippen molar-refractivity contribution < 1.29 is 4.79 Å². The quantitative estimate of drug-likeness (QED) is 0.807. The van der Waals surface area contributed by atoms with Gasteiger partial charge in [-0.15, -0.1) is 0 Å². The molecule has 0 fully saturated rings. The van der Waals surface area contributed by atoms with Crippen molar-refractivity contribution in [3.05, 3.63) is 23.2 Å². The zero-order valence-corrected chi connectivity index (χ0v) is 10.2. The molecule has 2 heterocycles. The molecule has 0 aliphatic heterocycles. The number of nitrogens with zero attached hydrogens (tertiary/aromatic N) is 4. The van der Waals surface area contributed by atoms with E-state index in [0.717, 1.165) is 0 Å². The van der Waals surface area contributed by atoms with Crippen molar-refractivity contribution >= 4 is 17.2 Å². The number of nitrogens with two attached hydrogens (primary N) is 1. The number of aromatic nitrogens is 4. The molecule has 2 aromatic rings. The zero-order valence-electron chi connectivity index (χ0n) is 9.41. The fourth-order valence-electron chi connectivity index (χ4n) is 1.30. The molecule has 1 amide bonds. The average Bonchev–Trinajstić information content (AvgIpc) is 2.95. The Kier molecular flexibility index (Phi) is 3.16. The van der Waals surface area contributed by atoms with Crippen molar-refractivity contribution in [1.29, 1.82) is 0 Å². The lowest BCUT2D eigenvalue weighted by molar-refractivity contribution is 0.0967. The molecule has 2 rings (SSSR count). The lowest BCUT2D eigenvalue weighted by atomic mass is 10.3. The second-order valence-electron chi connectivity index (χ2n) is 3.40. The Morgan fingerprint density at radius 3 is 3.00 bits per heavy atom. The largest absolute Gasteiger partial charge is 0.354 e. The van der Waals surface area contributed by atoms with Gasteiger partial charge in [-0.05, 0) is 6.92 Å².